The van der Waals surface area contributed by atoms with Crippen molar-refractivity contribution in [1.82, 2.24) is 15.1 Å². The Kier molecular flexibility index (Phi) is 5.12. The van der Waals surface area contributed by atoms with Gasteiger partial charge in [-0.2, -0.15) is 0 Å². The molecule has 3 unspecified atom stereocenters. The number of piperidine rings is 3. The monoisotopic (exact) mass is 337 g/mol. The number of hydrogen-bond donors (Lipinski definition) is 1. The fraction of sp³-hybridized carbons (Fsp3) is 0.947. The third kappa shape index (κ3) is 3.88. The van der Waals surface area contributed by atoms with E-state index in [4.69, 9.17) is 4.74 Å². The van der Waals surface area contributed by atoms with Gasteiger partial charge in [-0.1, -0.05) is 13.8 Å². The number of carbonyl (C=O) groups is 1. The second kappa shape index (κ2) is 6.83. The highest BCUT2D eigenvalue weighted by Crippen LogP contribution is 2.44. The molecule has 0 aromatic heterocycles. The molecule has 0 aliphatic carbocycles. The lowest BCUT2D eigenvalue weighted by Gasteiger charge is -2.49. The minimum Gasteiger partial charge on any atom is -0.444 e. The number of ether oxygens (including phenoxy) is 1. The summed E-state index contributed by atoms with van der Waals surface area (Å²) in [5, 5.41) is 3.05. The number of alkyl carbamates (subject to hydrolysis) is 1. The fourth-order valence-corrected chi connectivity index (χ4v) is 5.03. The molecule has 4 heterocycles. The van der Waals surface area contributed by atoms with Crippen molar-refractivity contribution in [3.63, 3.8) is 0 Å². The van der Waals surface area contributed by atoms with E-state index in [0.29, 0.717) is 24.5 Å². The van der Waals surface area contributed by atoms with Crippen molar-refractivity contribution < 1.29 is 9.53 Å². The molecule has 1 N–H and O–H groups in total. The summed E-state index contributed by atoms with van der Waals surface area (Å²) in [6, 6.07) is 1.04. The van der Waals surface area contributed by atoms with E-state index >= 15 is 0 Å². The minimum atomic E-state index is -0.437. The molecule has 4 saturated heterocycles. The van der Waals surface area contributed by atoms with E-state index in [1.54, 1.807) is 0 Å². The summed E-state index contributed by atoms with van der Waals surface area (Å²) in [6.07, 6.45) is 2.44. The van der Waals surface area contributed by atoms with Crippen molar-refractivity contribution in [3.8, 4) is 0 Å². The Hall–Kier alpha value is -0.810. The standard InChI is InChI=1S/C19H35N3O2/c1-13(2)11-22-12-15-14-6-8-21(9-7-14)17(15)16(22)10-20-18(23)24-19(3,4)5/h13-17H,6-12H2,1-5H3,(H,20,23). The van der Waals surface area contributed by atoms with Crippen LogP contribution in [0.15, 0.2) is 0 Å². The fourth-order valence-electron chi connectivity index (χ4n) is 5.03. The van der Waals surface area contributed by atoms with Crippen molar-refractivity contribution >= 4 is 6.09 Å². The predicted octanol–water partition coefficient (Wildman–Crippen LogP) is 2.56. The summed E-state index contributed by atoms with van der Waals surface area (Å²) < 4.78 is 5.43. The molecule has 0 aromatic carbocycles. The zero-order valence-electron chi connectivity index (χ0n) is 16.0. The Balaban J connectivity index is 1.66. The van der Waals surface area contributed by atoms with Gasteiger partial charge in [0.25, 0.3) is 0 Å². The van der Waals surface area contributed by atoms with Gasteiger partial charge in [0.15, 0.2) is 0 Å². The molecule has 0 saturated carbocycles. The van der Waals surface area contributed by atoms with Gasteiger partial charge in [0.05, 0.1) is 0 Å². The number of nitrogens with one attached hydrogen (secondary N) is 1. The Morgan fingerprint density at radius 3 is 2.50 bits per heavy atom. The van der Waals surface area contributed by atoms with Crippen molar-refractivity contribution in [2.75, 3.05) is 32.7 Å². The molecule has 1 amide bonds. The van der Waals surface area contributed by atoms with Gasteiger partial charge in [-0.3, -0.25) is 9.80 Å². The third-order valence-electron chi connectivity index (χ3n) is 5.80. The van der Waals surface area contributed by atoms with Crippen molar-refractivity contribution in [3.05, 3.63) is 0 Å². The van der Waals surface area contributed by atoms with Crippen LogP contribution in [0.3, 0.4) is 0 Å². The zero-order chi connectivity index (χ0) is 17.5. The molecule has 24 heavy (non-hydrogen) atoms. The highest BCUT2D eigenvalue weighted by atomic mass is 16.6. The molecule has 0 aromatic rings. The Morgan fingerprint density at radius 2 is 1.92 bits per heavy atom. The Morgan fingerprint density at radius 1 is 1.25 bits per heavy atom. The van der Waals surface area contributed by atoms with Crippen LogP contribution in [-0.2, 0) is 4.74 Å². The van der Waals surface area contributed by atoms with E-state index in [1.807, 2.05) is 20.8 Å². The lowest BCUT2D eigenvalue weighted by Crippen LogP contribution is -2.59. The summed E-state index contributed by atoms with van der Waals surface area (Å²) in [5.41, 5.74) is -0.437. The van der Waals surface area contributed by atoms with Crippen LogP contribution in [0.5, 0.6) is 0 Å². The maximum absolute atomic E-state index is 12.1. The maximum atomic E-state index is 12.1. The van der Waals surface area contributed by atoms with E-state index < -0.39 is 5.60 Å². The molecule has 0 radical (unpaired) electrons. The molecule has 5 nitrogen and oxygen atoms in total. The van der Waals surface area contributed by atoms with Crippen LogP contribution < -0.4 is 5.32 Å². The molecule has 4 rings (SSSR count). The van der Waals surface area contributed by atoms with E-state index in [-0.39, 0.29) is 6.09 Å². The number of fused-ring (bicyclic) bond motifs is 2. The summed E-state index contributed by atoms with van der Waals surface area (Å²) in [4.78, 5) is 17.4. The van der Waals surface area contributed by atoms with Crippen LogP contribution in [-0.4, -0.2) is 66.3 Å². The van der Waals surface area contributed by atoms with E-state index in [2.05, 4.69) is 29.0 Å². The van der Waals surface area contributed by atoms with Crippen LogP contribution in [0.2, 0.25) is 0 Å². The second-order valence-electron chi connectivity index (χ2n) is 9.33. The number of rotatable bonds is 4. The second-order valence-corrected chi connectivity index (χ2v) is 9.33. The van der Waals surface area contributed by atoms with Gasteiger partial charge in [-0.15, -0.1) is 0 Å². The van der Waals surface area contributed by atoms with Crippen molar-refractivity contribution in [1.29, 1.82) is 0 Å². The number of hydrogen-bond acceptors (Lipinski definition) is 4. The highest BCUT2D eigenvalue weighted by molar-refractivity contribution is 5.67. The molecular weight excluding hydrogens is 302 g/mol. The molecule has 4 aliphatic rings. The zero-order valence-corrected chi connectivity index (χ0v) is 16.0. The van der Waals surface area contributed by atoms with Crippen LogP contribution in [0.4, 0.5) is 4.79 Å². The van der Waals surface area contributed by atoms with Crippen LogP contribution in [0.1, 0.15) is 47.5 Å². The Bertz CT molecular complexity index is 452. The van der Waals surface area contributed by atoms with E-state index in [9.17, 15) is 4.79 Å². The SMILES string of the molecule is CC(C)CN1CC2C3CCN(CC3)C2C1CNC(=O)OC(C)(C)C. The first-order valence-electron chi connectivity index (χ1n) is 9.69. The largest absolute Gasteiger partial charge is 0.444 e. The highest BCUT2D eigenvalue weighted by Gasteiger charge is 2.52. The van der Waals surface area contributed by atoms with Crippen LogP contribution in [0, 0.1) is 17.8 Å². The number of carbonyl (C=O) groups excluding carboxylic acids is 1. The topological polar surface area (TPSA) is 44.8 Å². The van der Waals surface area contributed by atoms with Gasteiger partial charge >= 0.3 is 6.09 Å². The third-order valence-corrected chi connectivity index (χ3v) is 5.80. The van der Waals surface area contributed by atoms with Gasteiger partial charge in [-0.05, 0) is 64.5 Å². The molecular formula is C19H35N3O2. The smallest absolute Gasteiger partial charge is 0.407 e. The summed E-state index contributed by atoms with van der Waals surface area (Å²) in [5.74, 6) is 2.33. The first-order valence-corrected chi connectivity index (χ1v) is 9.69. The van der Waals surface area contributed by atoms with Crippen molar-refractivity contribution in [2.24, 2.45) is 17.8 Å². The van der Waals surface area contributed by atoms with Crippen LogP contribution in [0.25, 0.3) is 0 Å². The summed E-state index contributed by atoms with van der Waals surface area (Å²) in [6.45, 7) is 15.8. The number of nitrogens with zero attached hydrogens (tertiary/aromatic N) is 2. The molecule has 2 bridgehead atoms. The van der Waals surface area contributed by atoms with Gasteiger partial charge < -0.3 is 10.1 Å². The van der Waals surface area contributed by atoms with Crippen molar-refractivity contribution in [2.45, 2.75) is 65.1 Å². The normalized spacial score (nSPS) is 36.0. The van der Waals surface area contributed by atoms with Gasteiger partial charge in [0.2, 0.25) is 0 Å². The quantitative estimate of drug-likeness (QED) is 0.856. The van der Waals surface area contributed by atoms with Crippen LogP contribution >= 0.6 is 0 Å². The average molecular weight is 338 g/mol. The van der Waals surface area contributed by atoms with Gasteiger partial charge in [0, 0.05) is 31.7 Å². The molecule has 138 valence electrons. The number of amides is 1. The van der Waals surface area contributed by atoms with E-state index in [1.165, 1.54) is 32.5 Å². The molecule has 0 spiro atoms. The van der Waals surface area contributed by atoms with Gasteiger partial charge in [-0.25, -0.2) is 4.79 Å². The summed E-state index contributed by atoms with van der Waals surface area (Å²) in [7, 11) is 0. The van der Waals surface area contributed by atoms with E-state index in [0.717, 1.165) is 18.4 Å². The summed E-state index contributed by atoms with van der Waals surface area (Å²) >= 11 is 0. The Labute approximate surface area is 147 Å². The average Bonchev–Trinajstić information content (AvgIpc) is 2.84. The molecule has 3 atom stereocenters. The first-order chi connectivity index (χ1) is 11.2. The molecule has 4 fully saturated rings. The molecule has 5 heteroatoms. The van der Waals surface area contributed by atoms with Gasteiger partial charge in [0.1, 0.15) is 5.60 Å². The minimum absolute atomic E-state index is 0.286. The molecule has 4 aliphatic heterocycles. The predicted molar refractivity (Wildman–Crippen MR) is 96.0 cm³/mol. The lowest BCUT2D eigenvalue weighted by molar-refractivity contribution is 0.00249. The lowest BCUT2D eigenvalue weighted by atomic mass is 9.74. The first kappa shape index (κ1) is 18.0. The maximum Gasteiger partial charge on any atom is 0.407 e. The number of likely N-dealkylation sites (tertiary alicyclic amines) is 1.